The van der Waals surface area contributed by atoms with E-state index in [1.807, 2.05) is 11.6 Å². The lowest BCUT2D eigenvalue weighted by molar-refractivity contribution is 0.539. The van der Waals surface area contributed by atoms with E-state index in [9.17, 15) is 0 Å². The van der Waals surface area contributed by atoms with E-state index in [1.165, 1.54) is 25.7 Å². The maximum absolute atomic E-state index is 6.00. The molecule has 0 atom stereocenters. The van der Waals surface area contributed by atoms with Crippen LogP contribution in [0.25, 0.3) is 0 Å². The zero-order valence-corrected chi connectivity index (χ0v) is 9.00. The molecule has 0 bridgehead atoms. The first-order chi connectivity index (χ1) is 6.35. The minimum Gasteiger partial charge on any atom is -0.355 e. The van der Waals surface area contributed by atoms with Crippen molar-refractivity contribution in [1.82, 2.24) is 4.98 Å². The highest BCUT2D eigenvalue weighted by Gasteiger charge is 2.33. The summed E-state index contributed by atoms with van der Waals surface area (Å²) in [6.07, 6.45) is 6.74. The lowest BCUT2D eigenvalue weighted by Crippen LogP contribution is -2.36. The summed E-state index contributed by atoms with van der Waals surface area (Å²) in [6, 6.07) is 0. The van der Waals surface area contributed by atoms with Crippen LogP contribution >= 0.6 is 22.9 Å². The van der Waals surface area contributed by atoms with Gasteiger partial charge in [-0.05, 0) is 12.8 Å². The Balaban J connectivity index is 2.06. The summed E-state index contributed by atoms with van der Waals surface area (Å²) in [6.45, 7) is 0. The highest BCUT2D eigenvalue weighted by molar-refractivity contribution is 7.13. The number of rotatable bonds is 3. The second-order valence-corrected chi connectivity index (χ2v) is 4.75. The van der Waals surface area contributed by atoms with Crippen LogP contribution < -0.4 is 5.32 Å². The summed E-state index contributed by atoms with van der Waals surface area (Å²) < 4.78 is 0. The molecule has 1 saturated carbocycles. The molecular weight excluding hydrogens is 204 g/mol. The van der Waals surface area contributed by atoms with E-state index in [4.69, 9.17) is 11.6 Å². The van der Waals surface area contributed by atoms with E-state index < -0.39 is 0 Å². The number of halogens is 1. The van der Waals surface area contributed by atoms with Crippen molar-refractivity contribution < 1.29 is 0 Å². The van der Waals surface area contributed by atoms with E-state index in [1.54, 1.807) is 11.3 Å². The van der Waals surface area contributed by atoms with Crippen molar-refractivity contribution in [3.05, 3.63) is 11.6 Å². The molecule has 1 fully saturated rings. The van der Waals surface area contributed by atoms with Crippen LogP contribution in [0.2, 0.25) is 0 Å². The van der Waals surface area contributed by atoms with Crippen molar-refractivity contribution in [1.29, 1.82) is 0 Å². The van der Waals surface area contributed by atoms with E-state index in [2.05, 4.69) is 10.3 Å². The summed E-state index contributed by atoms with van der Waals surface area (Å²) in [4.78, 5) is 4.22. The molecule has 1 aliphatic carbocycles. The molecule has 1 N–H and O–H groups in total. The predicted octanol–water partition coefficient (Wildman–Crippen LogP) is 3.11. The number of aromatic nitrogens is 1. The monoisotopic (exact) mass is 216 g/mol. The molecule has 4 heteroatoms. The standard InChI is InChI=1S/C9H13ClN2S/c10-7-9(3-1-2-4-9)12-8-11-5-6-13-8/h5-6H,1-4,7H2,(H,11,12). The smallest absolute Gasteiger partial charge is 0.183 e. The average molecular weight is 217 g/mol. The quantitative estimate of drug-likeness (QED) is 0.786. The molecule has 0 spiro atoms. The topological polar surface area (TPSA) is 24.9 Å². The molecule has 0 saturated heterocycles. The van der Waals surface area contributed by atoms with E-state index in [0.717, 1.165) is 5.13 Å². The van der Waals surface area contributed by atoms with Gasteiger partial charge in [0.1, 0.15) is 0 Å². The van der Waals surface area contributed by atoms with Gasteiger partial charge in [0.05, 0.1) is 5.54 Å². The van der Waals surface area contributed by atoms with Gasteiger partial charge < -0.3 is 5.32 Å². The zero-order valence-electron chi connectivity index (χ0n) is 7.42. The molecule has 1 heterocycles. The van der Waals surface area contributed by atoms with Crippen molar-refractivity contribution in [2.45, 2.75) is 31.2 Å². The van der Waals surface area contributed by atoms with Crippen molar-refractivity contribution in [2.75, 3.05) is 11.2 Å². The molecule has 0 unspecified atom stereocenters. The fourth-order valence-corrected chi connectivity index (χ4v) is 2.84. The number of nitrogens with zero attached hydrogens (tertiary/aromatic N) is 1. The zero-order chi connectivity index (χ0) is 9.15. The molecule has 1 aliphatic rings. The number of alkyl halides is 1. The van der Waals surface area contributed by atoms with Crippen molar-refractivity contribution in [2.24, 2.45) is 0 Å². The Labute approximate surface area is 87.3 Å². The third-order valence-corrected chi connectivity index (χ3v) is 3.82. The molecular formula is C9H13ClN2S. The lowest BCUT2D eigenvalue weighted by atomic mass is 10.0. The van der Waals surface area contributed by atoms with Gasteiger partial charge in [-0.1, -0.05) is 12.8 Å². The normalized spacial score (nSPS) is 20.4. The molecule has 0 aromatic carbocycles. The number of thiazole rings is 1. The summed E-state index contributed by atoms with van der Waals surface area (Å²) in [7, 11) is 0. The molecule has 0 aliphatic heterocycles. The first-order valence-corrected chi connectivity index (χ1v) is 6.00. The van der Waals surface area contributed by atoms with Crippen molar-refractivity contribution in [3.63, 3.8) is 0 Å². The van der Waals surface area contributed by atoms with Crippen LogP contribution in [0.5, 0.6) is 0 Å². The Bertz CT molecular complexity index is 255. The minimum absolute atomic E-state index is 0.124. The largest absolute Gasteiger partial charge is 0.355 e. The number of hydrogen-bond donors (Lipinski definition) is 1. The van der Waals surface area contributed by atoms with E-state index in [0.29, 0.717) is 5.88 Å². The van der Waals surface area contributed by atoms with Crippen molar-refractivity contribution >= 4 is 28.1 Å². The Morgan fingerprint density at radius 3 is 2.85 bits per heavy atom. The highest BCUT2D eigenvalue weighted by atomic mass is 35.5. The van der Waals surface area contributed by atoms with Crippen LogP contribution in [0.15, 0.2) is 11.6 Å². The molecule has 1 aromatic rings. The molecule has 13 heavy (non-hydrogen) atoms. The first kappa shape index (κ1) is 9.28. The molecule has 72 valence electrons. The Kier molecular flexibility index (Phi) is 2.74. The number of anilines is 1. The van der Waals surface area contributed by atoms with Gasteiger partial charge in [0.2, 0.25) is 0 Å². The Morgan fingerprint density at radius 2 is 2.31 bits per heavy atom. The average Bonchev–Trinajstić information content (AvgIpc) is 2.77. The molecule has 1 aromatic heterocycles. The summed E-state index contributed by atoms with van der Waals surface area (Å²) in [5.74, 6) is 0.687. The molecule has 2 nitrogen and oxygen atoms in total. The summed E-state index contributed by atoms with van der Waals surface area (Å²) in [5.41, 5.74) is 0.124. The van der Waals surface area contributed by atoms with Crippen LogP contribution in [0.3, 0.4) is 0 Å². The van der Waals surface area contributed by atoms with Gasteiger partial charge in [-0.15, -0.1) is 22.9 Å². The SMILES string of the molecule is ClCC1(Nc2nccs2)CCCC1. The van der Waals surface area contributed by atoms with Crippen LogP contribution in [0.4, 0.5) is 5.13 Å². The van der Waals surface area contributed by atoms with Crippen LogP contribution in [0.1, 0.15) is 25.7 Å². The highest BCUT2D eigenvalue weighted by Crippen LogP contribution is 2.34. The number of nitrogens with one attached hydrogen (secondary N) is 1. The van der Waals surface area contributed by atoms with Crippen molar-refractivity contribution in [3.8, 4) is 0 Å². The van der Waals surface area contributed by atoms with Gasteiger partial charge in [-0.2, -0.15) is 0 Å². The Morgan fingerprint density at radius 1 is 1.54 bits per heavy atom. The minimum atomic E-state index is 0.124. The third kappa shape index (κ3) is 1.97. The first-order valence-electron chi connectivity index (χ1n) is 4.58. The van der Waals surface area contributed by atoms with Crippen LogP contribution in [-0.2, 0) is 0 Å². The fourth-order valence-electron chi connectivity index (χ4n) is 1.86. The maximum Gasteiger partial charge on any atom is 0.183 e. The van der Waals surface area contributed by atoms with Gasteiger partial charge in [0.15, 0.2) is 5.13 Å². The van der Waals surface area contributed by atoms with Gasteiger partial charge in [-0.25, -0.2) is 4.98 Å². The third-order valence-electron chi connectivity index (χ3n) is 2.62. The Hall–Kier alpha value is -0.280. The number of hydrogen-bond acceptors (Lipinski definition) is 3. The maximum atomic E-state index is 6.00. The van der Waals surface area contributed by atoms with E-state index >= 15 is 0 Å². The second kappa shape index (κ2) is 3.84. The molecule has 0 radical (unpaired) electrons. The lowest BCUT2D eigenvalue weighted by Gasteiger charge is -2.27. The van der Waals surface area contributed by atoms with Gasteiger partial charge in [0.25, 0.3) is 0 Å². The predicted molar refractivity (Wildman–Crippen MR) is 57.7 cm³/mol. The fraction of sp³-hybridized carbons (Fsp3) is 0.667. The summed E-state index contributed by atoms with van der Waals surface area (Å²) >= 11 is 7.64. The van der Waals surface area contributed by atoms with Gasteiger partial charge >= 0.3 is 0 Å². The van der Waals surface area contributed by atoms with Gasteiger partial charge in [-0.3, -0.25) is 0 Å². The molecule has 2 rings (SSSR count). The van der Waals surface area contributed by atoms with Crippen LogP contribution in [-0.4, -0.2) is 16.4 Å². The van der Waals surface area contributed by atoms with Crippen LogP contribution in [0, 0.1) is 0 Å². The summed E-state index contributed by atoms with van der Waals surface area (Å²) in [5, 5.41) is 6.45. The second-order valence-electron chi connectivity index (χ2n) is 3.58. The molecule has 0 amide bonds. The van der Waals surface area contributed by atoms with Gasteiger partial charge in [0, 0.05) is 17.5 Å². The van der Waals surface area contributed by atoms with E-state index in [-0.39, 0.29) is 5.54 Å².